The van der Waals surface area contributed by atoms with E-state index >= 15 is 0 Å². The smallest absolute Gasteiger partial charge is 0.227 e. The lowest BCUT2D eigenvalue weighted by Crippen LogP contribution is -2.13. The Kier molecular flexibility index (Phi) is 4.30. The van der Waals surface area contributed by atoms with Crippen LogP contribution >= 0.6 is 0 Å². The second-order valence-electron chi connectivity index (χ2n) is 5.05. The van der Waals surface area contributed by atoms with Crippen LogP contribution in [0.25, 0.3) is 17.0 Å². The van der Waals surface area contributed by atoms with Gasteiger partial charge < -0.3 is 18.8 Å². The Hall–Kier alpha value is -2.79. The van der Waals surface area contributed by atoms with Crippen LogP contribution in [0.15, 0.2) is 57.9 Å². The normalized spacial score (nSPS) is 11.4. The highest BCUT2D eigenvalue weighted by molar-refractivity contribution is 5.79. The summed E-state index contributed by atoms with van der Waals surface area (Å²) < 4.78 is 13.1. The van der Waals surface area contributed by atoms with Crippen molar-refractivity contribution >= 4 is 17.0 Å². The molecule has 23 heavy (non-hydrogen) atoms. The van der Waals surface area contributed by atoms with E-state index in [4.69, 9.17) is 14.3 Å². The molecule has 1 aromatic carbocycles. The number of hydrogen-bond donors (Lipinski definition) is 1. The summed E-state index contributed by atoms with van der Waals surface area (Å²) in [6.45, 7) is 1.68. The van der Waals surface area contributed by atoms with Crippen molar-refractivity contribution in [1.82, 2.24) is 4.57 Å². The summed E-state index contributed by atoms with van der Waals surface area (Å²) in [6.07, 6.45) is 5.30. The molecule has 0 saturated carbocycles. The third-order valence-corrected chi connectivity index (χ3v) is 3.48. The third-order valence-electron chi connectivity index (χ3n) is 3.48. The molecule has 118 valence electrons. The molecule has 0 spiro atoms. The van der Waals surface area contributed by atoms with E-state index in [0.717, 1.165) is 10.9 Å². The number of para-hydroxylation sites is 1. The highest BCUT2D eigenvalue weighted by Gasteiger charge is 2.12. The minimum atomic E-state index is -0.331. The van der Waals surface area contributed by atoms with Gasteiger partial charge in [0.25, 0.3) is 0 Å². The highest BCUT2D eigenvalue weighted by Crippen LogP contribution is 2.20. The van der Waals surface area contributed by atoms with Gasteiger partial charge in [0, 0.05) is 12.3 Å². The molecule has 2 heterocycles. The summed E-state index contributed by atoms with van der Waals surface area (Å²) in [4.78, 5) is 12.2. The first-order valence-corrected chi connectivity index (χ1v) is 7.30. The molecule has 0 amide bonds. The Balaban J connectivity index is 1.92. The van der Waals surface area contributed by atoms with Crippen molar-refractivity contribution in [1.29, 1.82) is 0 Å². The minimum absolute atomic E-state index is 0.137. The standard InChI is InChI=1S/C18H17NO4/c1-2-5-17-18(16(21)10-14(11-20)23-17)22-12-19-9-8-13-6-3-4-7-15(13)19/h2-10,20H,11-12H2,1H3/b5-2+. The van der Waals surface area contributed by atoms with Gasteiger partial charge in [-0.15, -0.1) is 0 Å². The molecule has 0 aliphatic rings. The molecular weight excluding hydrogens is 294 g/mol. The maximum atomic E-state index is 12.2. The lowest BCUT2D eigenvalue weighted by atomic mass is 10.2. The van der Waals surface area contributed by atoms with Crippen molar-refractivity contribution in [2.45, 2.75) is 20.3 Å². The molecule has 1 N–H and O–H groups in total. The number of aliphatic hydroxyl groups is 1. The van der Waals surface area contributed by atoms with Crippen LogP contribution in [-0.4, -0.2) is 9.67 Å². The summed E-state index contributed by atoms with van der Waals surface area (Å²) in [7, 11) is 0. The number of rotatable bonds is 5. The van der Waals surface area contributed by atoms with Crippen LogP contribution < -0.4 is 10.2 Å². The quantitative estimate of drug-likeness (QED) is 0.786. The predicted octanol–water partition coefficient (Wildman–Crippen LogP) is 3.16. The molecule has 0 radical (unpaired) electrons. The second kappa shape index (κ2) is 6.54. The zero-order valence-corrected chi connectivity index (χ0v) is 12.7. The van der Waals surface area contributed by atoms with Crippen LogP contribution in [0.4, 0.5) is 0 Å². The largest absolute Gasteiger partial charge is 0.465 e. The maximum Gasteiger partial charge on any atom is 0.227 e. The Labute approximate surface area is 133 Å². The Bertz CT molecular complexity index is 905. The average molecular weight is 311 g/mol. The Morgan fingerprint density at radius 3 is 2.91 bits per heavy atom. The van der Waals surface area contributed by atoms with E-state index in [0.29, 0.717) is 5.76 Å². The topological polar surface area (TPSA) is 64.6 Å². The van der Waals surface area contributed by atoms with E-state index in [-0.39, 0.29) is 30.3 Å². The van der Waals surface area contributed by atoms with E-state index < -0.39 is 0 Å². The third kappa shape index (κ3) is 3.05. The number of aliphatic hydroxyl groups excluding tert-OH is 1. The molecule has 0 saturated heterocycles. The predicted molar refractivity (Wildman–Crippen MR) is 88.2 cm³/mol. The SMILES string of the molecule is C/C=C/c1oc(CO)cc(=O)c1OCn1ccc2ccccc21. The lowest BCUT2D eigenvalue weighted by Gasteiger charge is -2.10. The fourth-order valence-electron chi connectivity index (χ4n) is 2.42. The van der Waals surface area contributed by atoms with Crippen molar-refractivity contribution in [2.75, 3.05) is 0 Å². The second-order valence-corrected chi connectivity index (χ2v) is 5.05. The molecule has 0 unspecified atom stereocenters. The minimum Gasteiger partial charge on any atom is -0.465 e. The number of hydrogen-bond acceptors (Lipinski definition) is 4. The van der Waals surface area contributed by atoms with Crippen molar-refractivity contribution in [3.05, 3.63) is 70.4 Å². The molecule has 3 aromatic rings. The molecule has 0 atom stereocenters. The van der Waals surface area contributed by atoms with Gasteiger partial charge in [0.05, 0.1) is 5.52 Å². The molecule has 3 rings (SSSR count). The van der Waals surface area contributed by atoms with E-state index in [1.54, 1.807) is 12.2 Å². The van der Waals surface area contributed by atoms with Crippen LogP contribution in [0, 0.1) is 0 Å². The summed E-state index contributed by atoms with van der Waals surface area (Å²) in [6, 6.07) is 11.2. The molecule has 0 fully saturated rings. The molecule has 5 nitrogen and oxygen atoms in total. The lowest BCUT2D eigenvalue weighted by molar-refractivity contribution is 0.216. The van der Waals surface area contributed by atoms with Gasteiger partial charge in [-0.3, -0.25) is 4.79 Å². The first-order valence-electron chi connectivity index (χ1n) is 7.30. The maximum absolute atomic E-state index is 12.2. The highest BCUT2D eigenvalue weighted by atomic mass is 16.5. The zero-order chi connectivity index (χ0) is 16.2. The van der Waals surface area contributed by atoms with Crippen LogP contribution in [0.5, 0.6) is 5.75 Å². The van der Waals surface area contributed by atoms with Gasteiger partial charge in [0.15, 0.2) is 12.5 Å². The van der Waals surface area contributed by atoms with Gasteiger partial charge in [-0.1, -0.05) is 24.3 Å². The molecule has 5 heteroatoms. The van der Waals surface area contributed by atoms with Crippen LogP contribution in [0.2, 0.25) is 0 Å². The number of aromatic nitrogens is 1. The Morgan fingerprint density at radius 1 is 1.30 bits per heavy atom. The number of nitrogens with zero attached hydrogens (tertiary/aromatic N) is 1. The van der Waals surface area contributed by atoms with Crippen LogP contribution in [0.3, 0.4) is 0 Å². The molecule has 2 aromatic heterocycles. The number of allylic oxidation sites excluding steroid dienone is 1. The van der Waals surface area contributed by atoms with Crippen LogP contribution in [-0.2, 0) is 13.3 Å². The van der Waals surface area contributed by atoms with Crippen molar-refractivity contribution in [3.63, 3.8) is 0 Å². The van der Waals surface area contributed by atoms with Gasteiger partial charge in [0.2, 0.25) is 11.2 Å². The number of benzene rings is 1. The average Bonchev–Trinajstić information content (AvgIpc) is 2.97. The summed E-state index contributed by atoms with van der Waals surface area (Å²) in [5.41, 5.74) is 0.710. The summed E-state index contributed by atoms with van der Waals surface area (Å²) in [5, 5.41) is 10.2. The molecule has 0 bridgehead atoms. The Morgan fingerprint density at radius 2 is 2.13 bits per heavy atom. The van der Waals surface area contributed by atoms with Crippen LogP contribution in [0.1, 0.15) is 18.4 Å². The first kappa shape index (κ1) is 15.1. The zero-order valence-electron chi connectivity index (χ0n) is 12.7. The molecular formula is C18H17NO4. The van der Waals surface area contributed by atoms with Gasteiger partial charge in [-0.25, -0.2) is 0 Å². The van der Waals surface area contributed by atoms with Crippen molar-refractivity contribution in [2.24, 2.45) is 0 Å². The fourth-order valence-corrected chi connectivity index (χ4v) is 2.42. The summed E-state index contributed by atoms with van der Waals surface area (Å²) in [5.74, 6) is 0.653. The monoisotopic (exact) mass is 311 g/mol. The first-order chi connectivity index (χ1) is 11.2. The number of ether oxygens (including phenoxy) is 1. The summed E-state index contributed by atoms with van der Waals surface area (Å²) >= 11 is 0. The molecule has 0 aliphatic carbocycles. The van der Waals surface area contributed by atoms with Crippen molar-refractivity contribution in [3.8, 4) is 5.75 Å². The van der Waals surface area contributed by atoms with E-state index in [1.807, 2.05) is 48.0 Å². The van der Waals surface area contributed by atoms with Gasteiger partial charge in [-0.05, 0) is 30.5 Å². The van der Waals surface area contributed by atoms with Gasteiger partial charge >= 0.3 is 0 Å². The van der Waals surface area contributed by atoms with Gasteiger partial charge in [0.1, 0.15) is 12.4 Å². The molecule has 0 aliphatic heterocycles. The van der Waals surface area contributed by atoms with Gasteiger partial charge in [-0.2, -0.15) is 0 Å². The fraction of sp³-hybridized carbons (Fsp3) is 0.167. The van der Waals surface area contributed by atoms with E-state index in [9.17, 15) is 4.79 Å². The van der Waals surface area contributed by atoms with E-state index in [1.165, 1.54) is 6.07 Å². The van der Waals surface area contributed by atoms with E-state index in [2.05, 4.69) is 0 Å². The number of fused-ring (bicyclic) bond motifs is 1. The van der Waals surface area contributed by atoms with Crippen molar-refractivity contribution < 1.29 is 14.3 Å².